The van der Waals surface area contributed by atoms with Crippen molar-refractivity contribution in [1.82, 2.24) is 14.5 Å². The summed E-state index contributed by atoms with van der Waals surface area (Å²) in [6.45, 7) is 7.15. The number of morpholine rings is 1. The molecule has 19 heavy (non-hydrogen) atoms. The number of nitrogens with two attached hydrogens (primary N) is 1. The minimum absolute atomic E-state index is 0.165. The highest BCUT2D eigenvalue weighted by Gasteiger charge is 2.21. The summed E-state index contributed by atoms with van der Waals surface area (Å²) >= 11 is 0. The number of nitrogens with zero attached hydrogens (tertiary/aromatic N) is 3. The Kier molecular flexibility index (Phi) is 4.21. The summed E-state index contributed by atoms with van der Waals surface area (Å²) in [5.74, 6) is 0.165. The number of hydrogen-bond acceptors (Lipinski definition) is 4. The van der Waals surface area contributed by atoms with E-state index in [0.29, 0.717) is 39.3 Å². The number of hydrogen-bond donors (Lipinski definition) is 1. The molecule has 2 rings (SSSR count). The van der Waals surface area contributed by atoms with Crippen LogP contribution < -0.4 is 5.73 Å². The van der Waals surface area contributed by atoms with Crippen LogP contribution in [-0.4, -0.2) is 46.7 Å². The predicted octanol–water partition coefficient (Wildman–Crippen LogP) is 0.326. The van der Waals surface area contributed by atoms with Crippen molar-refractivity contribution in [3.8, 4) is 0 Å². The van der Waals surface area contributed by atoms with Crippen LogP contribution in [0.25, 0.3) is 0 Å². The van der Waals surface area contributed by atoms with Crippen molar-refractivity contribution in [3.05, 3.63) is 18.2 Å². The van der Waals surface area contributed by atoms with Crippen LogP contribution in [0.5, 0.6) is 0 Å². The Morgan fingerprint density at radius 3 is 2.79 bits per heavy atom. The van der Waals surface area contributed by atoms with Gasteiger partial charge >= 0.3 is 0 Å². The van der Waals surface area contributed by atoms with Gasteiger partial charge in [0.25, 0.3) is 0 Å². The van der Waals surface area contributed by atoms with Gasteiger partial charge in [-0.2, -0.15) is 0 Å². The molecular weight excluding hydrogens is 244 g/mol. The van der Waals surface area contributed by atoms with Crippen LogP contribution in [0.15, 0.2) is 12.5 Å². The van der Waals surface area contributed by atoms with Gasteiger partial charge < -0.3 is 19.9 Å². The second kappa shape index (κ2) is 5.71. The van der Waals surface area contributed by atoms with Gasteiger partial charge in [-0.05, 0) is 13.8 Å². The van der Waals surface area contributed by atoms with Gasteiger partial charge in [0, 0.05) is 32.3 Å². The lowest BCUT2D eigenvalue weighted by Crippen LogP contribution is -2.41. The molecule has 1 saturated heterocycles. The largest absolute Gasteiger partial charge is 0.378 e. The second-order valence-electron chi connectivity index (χ2n) is 5.44. The standard InChI is InChI=1S/C13H22N4O2/c1-13(2,14)11-9-15-10-17(11)4-3-12(18)16-5-7-19-8-6-16/h9-10H,3-8,14H2,1-2H3. The summed E-state index contributed by atoms with van der Waals surface area (Å²) < 4.78 is 7.20. The molecule has 1 aliphatic rings. The first-order chi connectivity index (χ1) is 8.98. The Morgan fingerprint density at radius 1 is 1.47 bits per heavy atom. The van der Waals surface area contributed by atoms with E-state index in [4.69, 9.17) is 10.5 Å². The molecule has 1 aromatic rings. The molecule has 0 radical (unpaired) electrons. The molecule has 2 N–H and O–H groups in total. The molecule has 0 atom stereocenters. The fourth-order valence-corrected chi connectivity index (χ4v) is 2.22. The Balaban J connectivity index is 1.92. The summed E-state index contributed by atoms with van der Waals surface area (Å²) in [5.41, 5.74) is 6.58. The maximum atomic E-state index is 12.1. The number of imidazole rings is 1. The zero-order valence-corrected chi connectivity index (χ0v) is 11.6. The molecule has 1 fully saturated rings. The molecule has 0 saturated carbocycles. The van der Waals surface area contributed by atoms with Crippen molar-refractivity contribution < 1.29 is 9.53 Å². The minimum Gasteiger partial charge on any atom is -0.378 e. The van der Waals surface area contributed by atoms with Gasteiger partial charge in [0.2, 0.25) is 5.91 Å². The van der Waals surface area contributed by atoms with Crippen LogP contribution in [0.1, 0.15) is 26.0 Å². The van der Waals surface area contributed by atoms with E-state index in [1.165, 1.54) is 0 Å². The van der Waals surface area contributed by atoms with Gasteiger partial charge in [-0.25, -0.2) is 4.98 Å². The van der Waals surface area contributed by atoms with Crippen LogP contribution in [-0.2, 0) is 21.6 Å². The average Bonchev–Trinajstić information content (AvgIpc) is 2.85. The molecule has 6 heteroatoms. The quantitative estimate of drug-likeness (QED) is 0.852. The van der Waals surface area contributed by atoms with Gasteiger partial charge in [-0.15, -0.1) is 0 Å². The molecule has 0 bridgehead atoms. The van der Waals surface area contributed by atoms with E-state index in [2.05, 4.69) is 4.98 Å². The highest BCUT2D eigenvalue weighted by atomic mass is 16.5. The predicted molar refractivity (Wildman–Crippen MR) is 71.5 cm³/mol. The Labute approximate surface area is 113 Å². The van der Waals surface area contributed by atoms with Crippen molar-refractivity contribution in [2.75, 3.05) is 26.3 Å². The zero-order valence-electron chi connectivity index (χ0n) is 11.6. The Morgan fingerprint density at radius 2 is 2.16 bits per heavy atom. The highest BCUT2D eigenvalue weighted by molar-refractivity contribution is 5.76. The van der Waals surface area contributed by atoms with Crippen molar-refractivity contribution in [3.63, 3.8) is 0 Å². The maximum Gasteiger partial charge on any atom is 0.224 e. The molecule has 1 aromatic heterocycles. The summed E-state index contributed by atoms with van der Waals surface area (Å²) in [5, 5.41) is 0. The lowest BCUT2D eigenvalue weighted by molar-refractivity contribution is -0.135. The molecular formula is C13H22N4O2. The third kappa shape index (κ3) is 3.54. The molecule has 106 valence electrons. The van der Waals surface area contributed by atoms with Gasteiger partial charge in [0.15, 0.2) is 0 Å². The number of aromatic nitrogens is 2. The number of carbonyl (C=O) groups excluding carboxylic acids is 1. The smallest absolute Gasteiger partial charge is 0.224 e. The van der Waals surface area contributed by atoms with Gasteiger partial charge in [0.1, 0.15) is 0 Å². The number of carbonyl (C=O) groups is 1. The molecule has 0 aromatic carbocycles. The summed E-state index contributed by atoms with van der Waals surface area (Å²) in [6.07, 6.45) is 3.97. The molecule has 1 aliphatic heterocycles. The lowest BCUT2D eigenvalue weighted by atomic mass is 10.0. The van der Waals surface area contributed by atoms with Crippen molar-refractivity contribution in [1.29, 1.82) is 0 Å². The number of aryl methyl sites for hydroxylation is 1. The van der Waals surface area contributed by atoms with Crippen LogP contribution in [0, 0.1) is 0 Å². The Bertz CT molecular complexity index is 430. The lowest BCUT2D eigenvalue weighted by Gasteiger charge is -2.27. The van der Waals surface area contributed by atoms with Gasteiger partial charge in [0.05, 0.1) is 30.8 Å². The number of amides is 1. The molecule has 0 spiro atoms. The SMILES string of the molecule is CC(C)(N)c1cncn1CCC(=O)N1CCOCC1. The fraction of sp³-hybridized carbons (Fsp3) is 0.692. The monoisotopic (exact) mass is 266 g/mol. The highest BCUT2D eigenvalue weighted by Crippen LogP contribution is 2.16. The summed E-state index contributed by atoms with van der Waals surface area (Å²) in [7, 11) is 0. The molecule has 1 amide bonds. The second-order valence-corrected chi connectivity index (χ2v) is 5.44. The van der Waals surface area contributed by atoms with E-state index in [1.807, 2.05) is 23.3 Å². The summed E-state index contributed by atoms with van der Waals surface area (Å²) in [6, 6.07) is 0. The van der Waals surface area contributed by atoms with E-state index in [9.17, 15) is 4.79 Å². The topological polar surface area (TPSA) is 73.4 Å². The zero-order chi connectivity index (χ0) is 13.9. The minimum atomic E-state index is -0.446. The normalized spacial score (nSPS) is 16.7. The van der Waals surface area contributed by atoms with E-state index < -0.39 is 5.54 Å². The van der Waals surface area contributed by atoms with E-state index in [1.54, 1.807) is 12.5 Å². The van der Waals surface area contributed by atoms with Crippen molar-refractivity contribution in [2.45, 2.75) is 32.4 Å². The molecule has 6 nitrogen and oxygen atoms in total. The fourth-order valence-electron chi connectivity index (χ4n) is 2.22. The van der Waals surface area contributed by atoms with Crippen molar-refractivity contribution in [2.24, 2.45) is 5.73 Å². The van der Waals surface area contributed by atoms with E-state index >= 15 is 0 Å². The first-order valence-electron chi connectivity index (χ1n) is 6.63. The third-order valence-electron chi connectivity index (χ3n) is 3.30. The number of rotatable bonds is 4. The van der Waals surface area contributed by atoms with Gasteiger partial charge in [-0.3, -0.25) is 4.79 Å². The third-order valence-corrected chi connectivity index (χ3v) is 3.30. The van der Waals surface area contributed by atoms with Crippen LogP contribution >= 0.6 is 0 Å². The van der Waals surface area contributed by atoms with Crippen molar-refractivity contribution >= 4 is 5.91 Å². The molecule has 0 unspecified atom stereocenters. The summed E-state index contributed by atoms with van der Waals surface area (Å²) in [4.78, 5) is 18.0. The van der Waals surface area contributed by atoms with Crippen LogP contribution in [0.3, 0.4) is 0 Å². The maximum absolute atomic E-state index is 12.1. The molecule has 2 heterocycles. The first kappa shape index (κ1) is 14.0. The van der Waals surface area contributed by atoms with Gasteiger partial charge in [-0.1, -0.05) is 0 Å². The number of ether oxygens (including phenoxy) is 1. The van der Waals surface area contributed by atoms with Crippen LogP contribution in [0.4, 0.5) is 0 Å². The Hall–Kier alpha value is -1.40. The average molecular weight is 266 g/mol. The van der Waals surface area contributed by atoms with E-state index in [0.717, 1.165) is 5.69 Å². The first-order valence-corrected chi connectivity index (χ1v) is 6.63. The van der Waals surface area contributed by atoms with E-state index in [-0.39, 0.29) is 5.91 Å². The van der Waals surface area contributed by atoms with Crippen LogP contribution in [0.2, 0.25) is 0 Å². The molecule has 0 aliphatic carbocycles.